The topological polar surface area (TPSA) is 9.23 Å². The van der Waals surface area contributed by atoms with Crippen molar-refractivity contribution in [1.29, 1.82) is 0 Å². The standard InChI is InChI=1S/C16H26BrFOSi/c1-10(2)20(11(3)4,12(5)6)19-15-9-8-14(17)13(7)16(15)18/h8-12H,1-7H3. The van der Waals surface area contributed by atoms with Gasteiger partial charge in [0.05, 0.1) is 0 Å². The molecule has 0 radical (unpaired) electrons. The fourth-order valence-electron chi connectivity index (χ4n) is 3.26. The van der Waals surface area contributed by atoms with Crippen molar-refractivity contribution in [1.82, 2.24) is 0 Å². The Morgan fingerprint density at radius 3 is 1.85 bits per heavy atom. The molecule has 1 aromatic carbocycles. The summed E-state index contributed by atoms with van der Waals surface area (Å²) in [7, 11) is -2.10. The third-order valence-electron chi connectivity index (χ3n) is 4.28. The first-order valence-electron chi connectivity index (χ1n) is 7.28. The Morgan fingerprint density at radius 2 is 1.45 bits per heavy atom. The second kappa shape index (κ2) is 6.61. The van der Waals surface area contributed by atoms with Crippen molar-refractivity contribution >= 4 is 24.2 Å². The van der Waals surface area contributed by atoms with Crippen LogP contribution in [0.5, 0.6) is 5.75 Å². The van der Waals surface area contributed by atoms with Crippen molar-refractivity contribution in [3.63, 3.8) is 0 Å². The maximum Gasteiger partial charge on any atom is 0.258 e. The molecule has 0 saturated heterocycles. The van der Waals surface area contributed by atoms with Crippen LogP contribution in [0.1, 0.15) is 47.1 Å². The van der Waals surface area contributed by atoms with Gasteiger partial charge in [-0.1, -0.05) is 57.5 Å². The minimum atomic E-state index is -2.10. The molecule has 1 nitrogen and oxygen atoms in total. The first-order valence-corrected chi connectivity index (χ1v) is 10.2. The molecule has 0 fully saturated rings. The zero-order valence-electron chi connectivity index (χ0n) is 13.6. The predicted octanol–water partition coefficient (Wildman–Crippen LogP) is 6.45. The first-order chi connectivity index (χ1) is 9.14. The molecule has 20 heavy (non-hydrogen) atoms. The molecule has 0 heterocycles. The number of benzene rings is 1. The van der Waals surface area contributed by atoms with Crippen molar-refractivity contribution in [2.45, 2.75) is 65.1 Å². The lowest BCUT2D eigenvalue weighted by Gasteiger charge is -2.42. The van der Waals surface area contributed by atoms with Crippen LogP contribution in [0.4, 0.5) is 4.39 Å². The molecule has 0 N–H and O–H groups in total. The molecule has 0 saturated carbocycles. The van der Waals surface area contributed by atoms with Gasteiger partial charge in [-0.25, -0.2) is 4.39 Å². The van der Waals surface area contributed by atoms with E-state index in [9.17, 15) is 4.39 Å². The lowest BCUT2D eigenvalue weighted by molar-refractivity contribution is 0.444. The molecule has 114 valence electrons. The molecule has 1 aromatic rings. The number of hydrogen-bond acceptors (Lipinski definition) is 1. The summed E-state index contributed by atoms with van der Waals surface area (Å²) in [5.41, 5.74) is 1.92. The van der Waals surface area contributed by atoms with Crippen molar-refractivity contribution in [2.75, 3.05) is 0 Å². The quantitative estimate of drug-likeness (QED) is 0.548. The first kappa shape index (κ1) is 17.7. The number of rotatable bonds is 5. The second-order valence-corrected chi connectivity index (χ2v) is 12.6. The highest BCUT2D eigenvalue weighted by Gasteiger charge is 2.47. The zero-order chi connectivity index (χ0) is 15.7. The van der Waals surface area contributed by atoms with Gasteiger partial charge >= 0.3 is 0 Å². The molecule has 0 unspecified atom stereocenters. The van der Waals surface area contributed by atoms with Crippen LogP contribution in [0.2, 0.25) is 16.6 Å². The highest BCUT2D eigenvalue weighted by molar-refractivity contribution is 9.10. The summed E-state index contributed by atoms with van der Waals surface area (Å²) in [5, 5.41) is 0. The minimum absolute atomic E-state index is 0.238. The Bertz CT molecular complexity index is 450. The molecule has 0 aromatic heterocycles. The maximum absolute atomic E-state index is 14.5. The summed E-state index contributed by atoms with van der Waals surface area (Å²) in [6.45, 7) is 15.0. The number of hydrogen-bond donors (Lipinski definition) is 0. The molecule has 0 aliphatic heterocycles. The molecule has 0 aliphatic carbocycles. The van der Waals surface area contributed by atoms with Gasteiger partial charge in [-0.05, 0) is 35.7 Å². The third-order valence-corrected chi connectivity index (χ3v) is 11.1. The van der Waals surface area contributed by atoms with E-state index in [2.05, 4.69) is 57.5 Å². The Labute approximate surface area is 132 Å². The van der Waals surface area contributed by atoms with Crippen LogP contribution in [0.25, 0.3) is 0 Å². The third kappa shape index (κ3) is 3.11. The molecular formula is C16H26BrFOSi. The molecule has 0 aliphatic rings. The van der Waals surface area contributed by atoms with Crippen LogP contribution in [0.15, 0.2) is 16.6 Å². The average molecular weight is 361 g/mol. The summed E-state index contributed by atoms with van der Waals surface area (Å²) in [6.07, 6.45) is 0. The van der Waals surface area contributed by atoms with Gasteiger partial charge in [-0.3, -0.25) is 0 Å². The van der Waals surface area contributed by atoms with Gasteiger partial charge in [-0.2, -0.15) is 0 Å². The fourth-order valence-corrected chi connectivity index (χ4v) is 8.81. The molecule has 0 spiro atoms. The summed E-state index contributed by atoms with van der Waals surface area (Å²) in [4.78, 5) is 0. The lowest BCUT2D eigenvalue weighted by atomic mass is 10.2. The van der Waals surface area contributed by atoms with E-state index in [4.69, 9.17) is 4.43 Å². The van der Waals surface area contributed by atoms with E-state index in [0.717, 1.165) is 4.47 Å². The summed E-state index contributed by atoms with van der Waals surface area (Å²) >= 11 is 3.36. The second-order valence-electron chi connectivity index (χ2n) is 6.40. The van der Waals surface area contributed by atoms with Crippen LogP contribution in [-0.4, -0.2) is 8.32 Å². The largest absolute Gasteiger partial charge is 0.541 e. The van der Waals surface area contributed by atoms with Gasteiger partial charge in [0.25, 0.3) is 8.32 Å². The van der Waals surface area contributed by atoms with Crippen LogP contribution in [-0.2, 0) is 0 Å². The van der Waals surface area contributed by atoms with Gasteiger partial charge in [0, 0.05) is 10.0 Å². The van der Waals surface area contributed by atoms with Gasteiger partial charge in [-0.15, -0.1) is 0 Å². The van der Waals surface area contributed by atoms with Crippen LogP contribution in [0.3, 0.4) is 0 Å². The smallest absolute Gasteiger partial charge is 0.258 e. The van der Waals surface area contributed by atoms with E-state index in [-0.39, 0.29) is 5.82 Å². The van der Waals surface area contributed by atoms with Gasteiger partial charge in [0.15, 0.2) is 5.82 Å². The summed E-state index contributed by atoms with van der Waals surface area (Å²) in [6, 6.07) is 3.62. The SMILES string of the molecule is Cc1c(Br)ccc(O[Si](C(C)C)(C(C)C)C(C)C)c1F. The lowest BCUT2D eigenvalue weighted by Crippen LogP contribution is -2.50. The van der Waals surface area contributed by atoms with E-state index in [1.807, 2.05) is 6.07 Å². The highest BCUT2D eigenvalue weighted by atomic mass is 79.9. The Morgan fingerprint density at radius 1 is 1.00 bits per heavy atom. The minimum Gasteiger partial charge on any atom is -0.541 e. The Kier molecular flexibility index (Phi) is 5.85. The van der Waals surface area contributed by atoms with Crippen molar-refractivity contribution in [2.24, 2.45) is 0 Å². The number of halogens is 2. The van der Waals surface area contributed by atoms with Gasteiger partial charge in [0.2, 0.25) is 0 Å². The molecule has 1 rings (SSSR count). The fraction of sp³-hybridized carbons (Fsp3) is 0.625. The van der Waals surface area contributed by atoms with Crippen molar-refractivity contribution in [3.05, 3.63) is 28.0 Å². The molecule has 4 heteroatoms. The van der Waals surface area contributed by atoms with E-state index in [0.29, 0.717) is 27.9 Å². The molecule has 0 amide bonds. The monoisotopic (exact) mass is 360 g/mol. The predicted molar refractivity (Wildman–Crippen MR) is 90.5 cm³/mol. The van der Waals surface area contributed by atoms with Crippen molar-refractivity contribution < 1.29 is 8.82 Å². The Hall–Kier alpha value is -0.353. The highest BCUT2D eigenvalue weighted by Crippen LogP contribution is 2.43. The van der Waals surface area contributed by atoms with Gasteiger partial charge in [0.1, 0.15) is 5.75 Å². The molecule has 0 bridgehead atoms. The summed E-state index contributed by atoms with van der Waals surface area (Å²) < 4.78 is 21.6. The van der Waals surface area contributed by atoms with E-state index in [1.54, 1.807) is 13.0 Å². The van der Waals surface area contributed by atoms with Gasteiger partial charge < -0.3 is 4.43 Å². The van der Waals surface area contributed by atoms with Crippen LogP contribution in [0, 0.1) is 12.7 Å². The summed E-state index contributed by atoms with van der Waals surface area (Å²) in [5.74, 6) is 0.173. The average Bonchev–Trinajstić information content (AvgIpc) is 2.34. The maximum atomic E-state index is 14.5. The van der Waals surface area contributed by atoms with Crippen LogP contribution < -0.4 is 4.43 Å². The zero-order valence-corrected chi connectivity index (χ0v) is 16.1. The molecular weight excluding hydrogens is 335 g/mol. The van der Waals surface area contributed by atoms with Crippen LogP contribution >= 0.6 is 15.9 Å². The normalized spacial score (nSPS) is 12.6. The van der Waals surface area contributed by atoms with E-state index in [1.165, 1.54) is 0 Å². The van der Waals surface area contributed by atoms with Crippen molar-refractivity contribution in [3.8, 4) is 5.75 Å². The molecule has 0 atom stereocenters. The van der Waals surface area contributed by atoms with E-state index < -0.39 is 8.32 Å². The Balaban J connectivity index is 3.31. The van der Waals surface area contributed by atoms with E-state index >= 15 is 0 Å².